The van der Waals surface area contributed by atoms with Crippen molar-refractivity contribution in [1.29, 1.82) is 0 Å². The van der Waals surface area contributed by atoms with Crippen molar-refractivity contribution in [3.8, 4) is 0 Å². The Kier molecular flexibility index (Phi) is 4.98. The predicted octanol–water partition coefficient (Wildman–Crippen LogP) is 4.47. The summed E-state index contributed by atoms with van der Waals surface area (Å²) in [5.41, 5.74) is 2.46. The van der Waals surface area contributed by atoms with Crippen molar-refractivity contribution in [1.82, 2.24) is 0 Å². The second kappa shape index (κ2) is 6.72. The largest absolute Gasteiger partial charge is 0.299 e. The Morgan fingerprint density at radius 2 is 1.67 bits per heavy atom. The minimum atomic E-state index is 0.324. The lowest BCUT2D eigenvalue weighted by Gasteiger charge is -2.18. The first kappa shape index (κ1) is 13.3. The van der Waals surface area contributed by atoms with Gasteiger partial charge in [-0.1, -0.05) is 56.4 Å². The van der Waals surface area contributed by atoms with Crippen LogP contribution in [-0.2, 0) is 11.2 Å². The highest BCUT2D eigenvalue weighted by Crippen LogP contribution is 2.24. The fraction of sp³-hybridized carbons (Fsp3) is 0.588. The van der Waals surface area contributed by atoms with Crippen LogP contribution in [0, 0.1) is 12.8 Å². The van der Waals surface area contributed by atoms with Gasteiger partial charge in [0.15, 0.2) is 0 Å². The molecule has 0 heterocycles. The molecule has 0 radical (unpaired) electrons. The van der Waals surface area contributed by atoms with Crippen molar-refractivity contribution >= 4 is 5.78 Å². The van der Waals surface area contributed by atoms with Gasteiger partial charge in [0.1, 0.15) is 5.78 Å². The first-order valence-electron chi connectivity index (χ1n) is 7.34. The van der Waals surface area contributed by atoms with E-state index < -0.39 is 0 Å². The molecule has 1 aliphatic carbocycles. The zero-order chi connectivity index (χ0) is 12.8. The van der Waals surface area contributed by atoms with Crippen LogP contribution in [0.25, 0.3) is 0 Å². The minimum Gasteiger partial charge on any atom is -0.299 e. The van der Waals surface area contributed by atoms with Gasteiger partial charge >= 0.3 is 0 Å². The molecule has 0 amide bonds. The van der Waals surface area contributed by atoms with Crippen LogP contribution in [0.3, 0.4) is 0 Å². The number of carbonyl (C=O) groups excluding carboxylic acids is 1. The number of hydrogen-bond acceptors (Lipinski definition) is 1. The monoisotopic (exact) mass is 244 g/mol. The Labute approximate surface area is 111 Å². The summed E-state index contributed by atoms with van der Waals surface area (Å²) in [4.78, 5) is 12.4. The number of benzene rings is 1. The minimum absolute atomic E-state index is 0.324. The van der Waals surface area contributed by atoms with Crippen LogP contribution in [-0.4, -0.2) is 5.78 Å². The van der Waals surface area contributed by atoms with E-state index in [9.17, 15) is 4.79 Å². The third-order valence-corrected chi connectivity index (χ3v) is 4.19. The van der Waals surface area contributed by atoms with E-state index >= 15 is 0 Å². The van der Waals surface area contributed by atoms with Gasteiger partial charge in [0.25, 0.3) is 0 Å². The zero-order valence-electron chi connectivity index (χ0n) is 11.5. The van der Waals surface area contributed by atoms with Crippen molar-refractivity contribution < 1.29 is 4.79 Å². The number of Topliss-reactive ketones (excluding diaryl/α,β-unsaturated/α-hetero) is 1. The van der Waals surface area contributed by atoms with Gasteiger partial charge in [0.2, 0.25) is 0 Å². The molecule has 1 heteroatoms. The Morgan fingerprint density at radius 1 is 1.06 bits per heavy atom. The van der Waals surface area contributed by atoms with Crippen LogP contribution in [0.1, 0.15) is 56.1 Å². The number of hydrogen-bond donors (Lipinski definition) is 0. The van der Waals surface area contributed by atoms with E-state index in [1.807, 2.05) is 12.1 Å². The van der Waals surface area contributed by atoms with E-state index in [1.165, 1.54) is 43.2 Å². The summed E-state index contributed by atoms with van der Waals surface area (Å²) in [6.45, 7) is 2.10. The number of ketones is 1. The van der Waals surface area contributed by atoms with Crippen molar-refractivity contribution in [3.05, 3.63) is 35.4 Å². The van der Waals surface area contributed by atoms with Gasteiger partial charge in [-0.25, -0.2) is 0 Å². The van der Waals surface area contributed by atoms with Crippen LogP contribution in [0.15, 0.2) is 24.3 Å². The normalized spacial score (nSPS) is 18.1. The molecular formula is C17H24O. The van der Waals surface area contributed by atoms with Gasteiger partial charge in [-0.05, 0) is 30.9 Å². The second-order valence-electron chi connectivity index (χ2n) is 5.61. The Bertz CT molecular complexity index is 386. The fourth-order valence-electron chi connectivity index (χ4n) is 2.92. The molecule has 1 saturated carbocycles. The Balaban J connectivity index is 1.96. The lowest BCUT2D eigenvalue weighted by molar-refractivity contribution is -0.122. The number of aryl methyl sites for hydroxylation is 1. The summed E-state index contributed by atoms with van der Waals surface area (Å²) in [6.07, 6.45) is 9.34. The number of carbonyl (C=O) groups is 1. The van der Waals surface area contributed by atoms with E-state index in [1.54, 1.807) is 0 Å². The highest BCUT2D eigenvalue weighted by Gasteiger charge is 2.19. The highest BCUT2D eigenvalue weighted by molar-refractivity contribution is 5.83. The van der Waals surface area contributed by atoms with E-state index in [0.717, 1.165) is 12.8 Å². The van der Waals surface area contributed by atoms with E-state index in [4.69, 9.17) is 0 Å². The molecule has 0 aliphatic heterocycles. The summed E-state index contributed by atoms with van der Waals surface area (Å²) in [5.74, 6) is 0.788. The summed E-state index contributed by atoms with van der Waals surface area (Å²) in [7, 11) is 0. The van der Waals surface area contributed by atoms with Crippen LogP contribution in [0.5, 0.6) is 0 Å². The van der Waals surface area contributed by atoms with Crippen LogP contribution < -0.4 is 0 Å². The van der Waals surface area contributed by atoms with Crippen LogP contribution in [0.4, 0.5) is 0 Å². The SMILES string of the molecule is Cc1ccccc1CC(=O)C1CCCCCCC1. The van der Waals surface area contributed by atoms with Gasteiger partial charge in [0.05, 0.1) is 0 Å². The number of rotatable bonds is 3. The third-order valence-electron chi connectivity index (χ3n) is 4.19. The summed E-state index contributed by atoms with van der Waals surface area (Å²) in [6, 6.07) is 8.27. The zero-order valence-corrected chi connectivity index (χ0v) is 11.5. The van der Waals surface area contributed by atoms with Gasteiger partial charge in [0, 0.05) is 12.3 Å². The molecule has 1 aliphatic rings. The molecular weight excluding hydrogens is 220 g/mol. The molecule has 1 fully saturated rings. The quantitative estimate of drug-likeness (QED) is 0.767. The second-order valence-corrected chi connectivity index (χ2v) is 5.61. The summed E-state index contributed by atoms with van der Waals surface area (Å²) >= 11 is 0. The van der Waals surface area contributed by atoms with Crippen molar-refractivity contribution in [2.24, 2.45) is 5.92 Å². The Hall–Kier alpha value is -1.11. The molecule has 0 aromatic heterocycles. The summed E-state index contributed by atoms with van der Waals surface area (Å²) < 4.78 is 0. The average molecular weight is 244 g/mol. The fourth-order valence-corrected chi connectivity index (χ4v) is 2.92. The molecule has 0 unspecified atom stereocenters. The van der Waals surface area contributed by atoms with Crippen molar-refractivity contribution in [2.75, 3.05) is 0 Å². The van der Waals surface area contributed by atoms with Crippen LogP contribution >= 0.6 is 0 Å². The Morgan fingerprint density at radius 3 is 2.33 bits per heavy atom. The standard InChI is InChI=1S/C17H24O/c1-14-9-7-8-12-16(14)13-17(18)15-10-5-3-2-4-6-11-15/h7-9,12,15H,2-6,10-11,13H2,1H3. The van der Waals surface area contributed by atoms with Gasteiger partial charge in [-0.3, -0.25) is 4.79 Å². The molecule has 0 atom stereocenters. The lowest BCUT2D eigenvalue weighted by atomic mass is 9.85. The van der Waals surface area contributed by atoms with Crippen molar-refractivity contribution in [2.45, 2.75) is 58.3 Å². The third kappa shape index (κ3) is 3.69. The van der Waals surface area contributed by atoms with Crippen molar-refractivity contribution in [3.63, 3.8) is 0 Å². The van der Waals surface area contributed by atoms with Gasteiger partial charge in [-0.2, -0.15) is 0 Å². The molecule has 1 aromatic rings. The molecule has 1 aromatic carbocycles. The molecule has 0 N–H and O–H groups in total. The topological polar surface area (TPSA) is 17.1 Å². The first-order valence-corrected chi connectivity index (χ1v) is 7.34. The van der Waals surface area contributed by atoms with E-state index in [2.05, 4.69) is 19.1 Å². The lowest BCUT2D eigenvalue weighted by Crippen LogP contribution is -2.18. The first-order chi connectivity index (χ1) is 8.77. The van der Waals surface area contributed by atoms with Gasteiger partial charge < -0.3 is 0 Å². The van der Waals surface area contributed by atoms with Crippen LogP contribution in [0.2, 0.25) is 0 Å². The maximum atomic E-state index is 12.4. The maximum Gasteiger partial charge on any atom is 0.140 e. The van der Waals surface area contributed by atoms with Gasteiger partial charge in [-0.15, -0.1) is 0 Å². The van der Waals surface area contributed by atoms with E-state index in [-0.39, 0.29) is 0 Å². The molecule has 98 valence electrons. The summed E-state index contributed by atoms with van der Waals surface area (Å²) in [5, 5.41) is 0. The predicted molar refractivity (Wildman–Crippen MR) is 75.7 cm³/mol. The maximum absolute atomic E-state index is 12.4. The molecule has 0 saturated heterocycles. The molecule has 1 nitrogen and oxygen atoms in total. The molecule has 0 spiro atoms. The molecule has 18 heavy (non-hydrogen) atoms. The molecule has 2 rings (SSSR count). The molecule has 0 bridgehead atoms. The van der Waals surface area contributed by atoms with E-state index in [0.29, 0.717) is 18.1 Å². The average Bonchev–Trinajstić information content (AvgIpc) is 2.31. The smallest absolute Gasteiger partial charge is 0.140 e. The highest BCUT2D eigenvalue weighted by atomic mass is 16.1.